The van der Waals surface area contributed by atoms with Gasteiger partial charge in [-0.1, -0.05) is 26.0 Å². The second-order valence-electron chi connectivity index (χ2n) is 13.0. The predicted molar refractivity (Wildman–Crippen MR) is 154 cm³/mol. The van der Waals surface area contributed by atoms with Gasteiger partial charge in [-0.15, -0.1) is 11.8 Å². The van der Waals surface area contributed by atoms with Crippen molar-refractivity contribution in [3.05, 3.63) is 12.2 Å². The molecule has 4 N–H and O–H groups in total. The number of aliphatic hydroxyl groups is 3. The zero-order valence-corrected chi connectivity index (χ0v) is 24.9. The zero-order valence-electron chi connectivity index (χ0n) is 24.1. The lowest BCUT2D eigenvalue weighted by Gasteiger charge is -2.45. The van der Waals surface area contributed by atoms with E-state index in [1.54, 1.807) is 0 Å². The van der Waals surface area contributed by atoms with Crippen molar-refractivity contribution in [2.45, 2.75) is 106 Å². The molecular formula is C30H50N2O7S. The number of nitrogens with one attached hydrogen (secondary N) is 1. The topological polar surface area (TPSA) is 121 Å². The summed E-state index contributed by atoms with van der Waals surface area (Å²) >= 11 is 1.51. The number of nitrogens with zero attached hydrogens (tertiary/aromatic N) is 1. The van der Waals surface area contributed by atoms with Crippen molar-refractivity contribution in [2.24, 2.45) is 23.7 Å². The van der Waals surface area contributed by atoms with Crippen LogP contribution in [-0.2, 0) is 19.0 Å². The van der Waals surface area contributed by atoms with Gasteiger partial charge >= 0.3 is 0 Å². The summed E-state index contributed by atoms with van der Waals surface area (Å²) in [7, 11) is 0. The molecule has 40 heavy (non-hydrogen) atoms. The second-order valence-corrected chi connectivity index (χ2v) is 14.4. The number of aliphatic hydroxyl groups excluding tert-OH is 3. The largest absolute Gasteiger partial charge is 0.388 e. The Morgan fingerprint density at radius 3 is 2.55 bits per heavy atom. The number of fused-ring (bicyclic) bond motifs is 3. The first-order chi connectivity index (χ1) is 19.3. The summed E-state index contributed by atoms with van der Waals surface area (Å²) in [6, 6.07) is -0.515. The van der Waals surface area contributed by atoms with E-state index in [1.165, 1.54) is 18.2 Å². The minimum absolute atomic E-state index is 0.0592. The van der Waals surface area contributed by atoms with E-state index >= 15 is 0 Å². The minimum Gasteiger partial charge on any atom is -0.388 e. The summed E-state index contributed by atoms with van der Waals surface area (Å²) in [4.78, 5) is 16.1. The van der Waals surface area contributed by atoms with Crippen LogP contribution < -0.4 is 5.32 Å². The quantitative estimate of drug-likeness (QED) is 0.348. The Labute approximate surface area is 243 Å². The predicted octanol–water partition coefficient (Wildman–Crippen LogP) is 1.93. The summed E-state index contributed by atoms with van der Waals surface area (Å²) in [5.41, 5.74) is -0.695. The molecule has 11 atom stereocenters. The van der Waals surface area contributed by atoms with Gasteiger partial charge in [-0.3, -0.25) is 9.69 Å². The summed E-state index contributed by atoms with van der Waals surface area (Å²) in [6.07, 6.45) is 5.90. The molecule has 0 aromatic carbocycles. The van der Waals surface area contributed by atoms with E-state index in [-0.39, 0.29) is 23.2 Å². The number of carbonyl (C=O) groups is 1. The lowest BCUT2D eigenvalue weighted by atomic mass is 9.85. The number of carbonyl (C=O) groups excluding carboxylic acids is 1. The molecule has 0 aromatic rings. The monoisotopic (exact) mass is 582 g/mol. The van der Waals surface area contributed by atoms with Gasteiger partial charge in [0.25, 0.3) is 0 Å². The van der Waals surface area contributed by atoms with Crippen LogP contribution in [0.4, 0.5) is 0 Å². The van der Waals surface area contributed by atoms with E-state index in [0.717, 1.165) is 65.0 Å². The van der Waals surface area contributed by atoms with E-state index in [0.29, 0.717) is 30.8 Å². The van der Waals surface area contributed by atoms with Gasteiger partial charge in [-0.2, -0.15) is 0 Å². The highest BCUT2D eigenvalue weighted by atomic mass is 32.2. The number of morpholine rings is 1. The third-order valence-corrected chi connectivity index (χ3v) is 10.9. The molecule has 5 rings (SSSR count). The second kappa shape index (κ2) is 14.2. The average molecular weight is 583 g/mol. The van der Waals surface area contributed by atoms with Crippen LogP contribution in [0.1, 0.15) is 58.8 Å². The van der Waals surface area contributed by atoms with Crippen molar-refractivity contribution < 1.29 is 34.3 Å². The maximum Gasteiger partial charge on any atom is 0.226 e. The molecule has 0 aromatic heterocycles. The molecule has 0 radical (unpaired) electrons. The molecule has 1 aliphatic carbocycles. The van der Waals surface area contributed by atoms with Crippen molar-refractivity contribution in [2.75, 3.05) is 39.5 Å². The summed E-state index contributed by atoms with van der Waals surface area (Å²) < 4.78 is 18.1. The summed E-state index contributed by atoms with van der Waals surface area (Å²) in [6.45, 7) is 9.26. The van der Waals surface area contributed by atoms with Crippen LogP contribution in [0.2, 0.25) is 0 Å². The van der Waals surface area contributed by atoms with Crippen LogP contribution >= 0.6 is 11.8 Å². The van der Waals surface area contributed by atoms with Crippen LogP contribution in [0.15, 0.2) is 12.2 Å². The van der Waals surface area contributed by atoms with E-state index in [9.17, 15) is 20.1 Å². The first kappa shape index (κ1) is 30.7. The van der Waals surface area contributed by atoms with Gasteiger partial charge < -0.3 is 34.8 Å². The summed E-state index contributed by atoms with van der Waals surface area (Å²) in [5.74, 6) is 1.44. The number of rotatable bonds is 6. The molecule has 5 aliphatic rings. The Hall–Kier alpha value is -0.720. The highest BCUT2D eigenvalue weighted by molar-refractivity contribution is 8.00. The maximum absolute atomic E-state index is 13.7. The van der Waals surface area contributed by atoms with E-state index in [2.05, 4.69) is 36.2 Å². The van der Waals surface area contributed by atoms with E-state index < -0.39 is 35.9 Å². The molecule has 9 nitrogen and oxygen atoms in total. The van der Waals surface area contributed by atoms with Gasteiger partial charge in [-0.25, -0.2) is 0 Å². The normalized spacial score (nSPS) is 44.0. The smallest absolute Gasteiger partial charge is 0.226 e. The highest BCUT2D eigenvalue weighted by Crippen LogP contribution is 2.42. The Bertz CT molecular complexity index is 856. The molecular weight excluding hydrogens is 532 g/mol. The fourth-order valence-electron chi connectivity index (χ4n) is 7.44. The van der Waals surface area contributed by atoms with Gasteiger partial charge in [0.15, 0.2) is 0 Å². The maximum atomic E-state index is 13.7. The zero-order chi connectivity index (χ0) is 28.2. The average Bonchev–Trinajstić information content (AvgIpc) is 3.22. The van der Waals surface area contributed by atoms with Crippen molar-refractivity contribution in [3.8, 4) is 0 Å². The Morgan fingerprint density at radius 2 is 1.77 bits per heavy atom. The van der Waals surface area contributed by atoms with Crippen molar-refractivity contribution in [1.82, 2.24) is 10.2 Å². The number of allylic oxidation sites excluding steroid dienone is 1. The molecule has 4 fully saturated rings. The van der Waals surface area contributed by atoms with Gasteiger partial charge in [0, 0.05) is 31.5 Å². The molecule has 228 valence electrons. The fourth-order valence-corrected chi connectivity index (χ4v) is 8.85. The number of hydrogen-bond donors (Lipinski definition) is 4. The van der Waals surface area contributed by atoms with Crippen LogP contribution in [-0.4, -0.2) is 113 Å². The molecule has 4 aliphatic heterocycles. The molecule has 5 unspecified atom stereocenters. The molecule has 1 amide bonds. The number of hydrogen-bond acceptors (Lipinski definition) is 9. The summed E-state index contributed by atoms with van der Waals surface area (Å²) in [5, 5.41) is 36.0. The molecule has 2 bridgehead atoms. The third kappa shape index (κ3) is 7.43. The third-order valence-electron chi connectivity index (χ3n) is 9.50. The Kier molecular flexibility index (Phi) is 10.9. The SMILES string of the molecule is CC(C)C[C@@H]1CCO[C@@H]2[C@H](CC[C@@H]2C(=O)N[C@@H]2C/C=C\C[C@@H](CN3CCOCC3)SC3OC2C(O)C(O)C3O)C1. The fraction of sp³-hybridized carbons (Fsp3) is 0.900. The first-order valence-corrected chi connectivity index (χ1v) is 16.5. The number of ether oxygens (including phenoxy) is 3. The molecule has 0 spiro atoms. The minimum atomic E-state index is -1.35. The highest BCUT2D eigenvalue weighted by Gasteiger charge is 2.49. The van der Waals surface area contributed by atoms with Crippen LogP contribution in [0.5, 0.6) is 0 Å². The van der Waals surface area contributed by atoms with Crippen LogP contribution in [0.25, 0.3) is 0 Å². The van der Waals surface area contributed by atoms with Gasteiger partial charge in [0.2, 0.25) is 5.91 Å². The van der Waals surface area contributed by atoms with E-state index in [4.69, 9.17) is 14.2 Å². The van der Waals surface area contributed by atoms with Gasteiger partial charge in [-0.05, 0) is 62.7 Å². The Morgan fingerprint density at radius 1 is 1.00 bits per heavy atom. The van der Waals surface area contributed by atoms with Crippen LogP contribution in [0, 0.1) is 23.7 Å². The first-order valence-electron chi connectivity index (χ1n) is 15.5. The lowest BCUT2D eigenvalue weighted by Crippen LogP contribution is -2.63. The Balaban J connectivity index is 1.26. The van der Waals surface area contributed by atoms with Crippen molar-refractivity contribution in [1.29, 1.82) is 0 Å². The van der Waals surface area contributed by atoms with Crippen molar-refractivity contribution >= 4 is 17.7 Å². The van der Waals surface area contributed by atoms with Gasteiger partial charge in [0.05, 0.1) is 31.3 Å². The van der Waals surface area contributed by atoms with Crippen LogP contribution in [0.3, 0.4) is 0 Å². The molecule has 1 saturated carbocycles. The molecule has 4 heterocycles. The number of thioether (sulfide) groups is 1. The van der Waals surface area contributed by atoms with Gasteiger partial charge in [0.1, 0.15) is 29.9 Å². The van der Waals surface area contributed by atoms with E-state index in [1.807, 2.05) is 0 Å². The standard InChI is InChI=1S/C30H50N2O7S/c1-18(2)15-19-9-12-38-27-20(16-19)7-8-22(27)29(36)31-23-6-4-3-5-21(17-32-10-13-37-14-11-32)40-30-26(35)24(33)25(34)28(23)39-30/h3-4,18-28,30,33-35H,5-17H2,1-2H3,(H,31,36)/b4-3-/t19-,20+,21-,22-,23+,24?,25?,26?,27+,28?,30?/m0/s1. The number of amides is 1. The molecule has 10 heteroatoms. The molecule has 3 saturated heterocycles. The lowest BCUT2D eigenvalue weighted by molar-refractivity contribution is -0.205. The van der Waals surface area contributed by atoms with Crippen molar-refractivity contribution in [3.63, 3.8) is 0 Å².